The molecule has 1 aromatic carbocycles. The molecule has 0 amide bonds. The van der Waals surface area contributed by atoms with Gasteiger partial charge in [0.05, 0.1) is 0 Å². The second kappa shape index (κ2) is 6.12. The summed E-state index contributed by atoms with van der Waals surface area (Å²) >= 11 is 5.88. The van der Waals surface area contributed by atoms with Gasteiger partial charge in [0.1, 0.15) is 0 Å². The summed E-state index contributed by atoms with van der Waals surface area (Å²) in [5, 5.41) is 0.702. The molecule has 16 heavy (non-hydrogen) atoms. The van der Waals surface area contributed by atoms with Crippen molar-refractivity contribution >= 4 is 17.3 Å². The van der Waals surface area contributed by atoms with Crippen LogP contribution in [0.4, 0.5) is 5.69 Å². The second-order valence-electron chi connectivity index (χ2n) is 4.41. The van der Waals surface area contributed by atoms with Gasteiger partial charge in [0, 0.05) is 23.3 Å². The first-order valence-electron chi connectivity index (χ1n) is 5.82. The molecule has 1 rings (SSSR count). The normalized spacial score (nSPS) is 11.4. The molecule has 90 valence electrons. The van der Waals surface area contributed by atoms with E-state index in [4.69, 9.17) is 17.3 Å². The number of benzene rings is 1. The van der Waals surface area contributed by atoms with Crippen molar-refractivity contribution < 1.29 is 0 Å². The SMILES string of the molecule is CCCN(Cc1ccc(Cl)cc1N)C(C)C. The molecule has 1 aromatic rings. The van der Waals surface area contributed by atoms with E-state index in [9.17, 15) is 0 Å². The van der Waals surface area contributed by atoms with Crippen molar-refractivity contribution in [2.24, 2.45) is 0 Å². The number of hydrogen-bond acceptors (Lipinski definition) is 2. The summed E-state index contributed by atoms with van der Waals surface area (Å²) in [4.78, 5) is 2.42. The molecule has 0 aromatic heterocycles. The highest BCUT2D eigenvalue weighted by Gasteiger charge is 2.10. The Morgan fingerprint density at radius 2 is 2.06 bits per heavy atom. The first kappa shape index (κ1) is 13.3. The predicted octanol–water partition coefficient (Wildman–Crippen LogP) is 3.54. The van der Waals surface area contributed by atoms with Gasteiger partial charge in [-0.05, 0) is 44.5 Å². The third-order valence-corrected chi connectivity index (χ3v) is 2.96. The summed E-state index contributed by atoms with van der Waals surface area (Å²) < 4.78 is 0. The Hall–Kier alpha value is -0.730. The lowest BCUT2D eigenvalue weighted by Gasteiger charge is -2.26. The zero-order valence-electron chi connectivity index (χ0n) is 10.3. The quantitative estimate of drug-likeness (QED) is 0.798. The Morgan fingerprint density at radius 1 is 1.38 bits per heavy atom. The molecule has 0 aliphatic rings. The highest BCUT2D eigenvalue weighted by Crippen LogP contribution is 2.20. The summed E-state index contributed by atoms with van der Waals surface area (Å²) in [5.74, 6) is 0. The van der Waals surface area contributed by atoms with Crippen LogP contribution in [0.2, 0.25) is 5.02 Å². The molecule has 0 saturated heterocycles. The molecule has 0 fully saturated rings. The molecule has 0 aliphatic heterocycles. The van der Waals surface area contributed by atoms with Crippen molar-refractivity contribution in [1.29, 1.82) is 0 Å². The maximum atomic E-state index is 5.95. The van der Waals surface area contributed by atoms with Crippen molar-refractivity contribution in [2.75, 3.05) is 12.3 Å². The standard InChI is InChI=1S/C13H21ClN2/c1-4-7-16(10(2)3)9-11-5-6-12(14)8-13(11)15/h5-6,8,10H,4,7,9,15H2,1-3H3. The Kier molecular flexibility index (Phi) is 5.10. The van der Waals surface area contributed by atoms with Gasteiger partial charge in [-0.15, -0.1) is 0 Å². The van der Waals surface area contributed by atoms with Crippen LogP contribution in [0.25, 0.3) is 0 Å². The first-order valence-corrected chi connectivity index (χ1v) is 6.20. The van der Waals surface area contributed by atoms with E-state index in [1.54, 1.807) is 0 Å². The Labute approximate surface area is 103 Å². The number of rotatable bonds is 5. The smallest absolute Gasteiger partial charge is 0.0426 e. The Morgan fingerprint density at radius 3 is 2.56 bits per heavy atom. The van der Waals surface area contributed by atoms with E-state index >= 15 is 0 Å². The van der Waals surface area contributed by atoms with Crippen molar-refractivity contribution in [3.63, 3.8) is 0 Å². The first-order chi connectivity index (χ1) is 7.54. The molecule has 0 saturated carbocycles. The van der Waals surface area contributed by atoms with Crippen LogP contribution in [0.3, 0.4) is 0 Å². The van der Waals surface area contributed by atoms with Gasteiger partial charge in [0.15, 0.2) is 0 Å². The topological polar surface area (TPSA) is 29.3 Å². The molecule has 2 N–H and O–H groups in total. The molecule has 2 nitrogen and oxygen atoms in total. The zero-order valence-corrected chi connectivity index (χ0v) is 11.1. The number of nitrogens with zero attached hydrogens (tertiary/aromatic N) is 1. The minimum atomic E-state index is 0.537. The Balaban J connectivity index is 2.77. The van der Waals surface area contributed by atoms with Crippen LogP contribution < -0.4 is 5.73 Å². The minimum Gasteiger partial charge on any atom is -0.398 e. The van der Waals surface area contributed by atoms with Crippen molar-refractivity contribution in [3.05, 3.63) is 28.8 Å². The lowest BCUT2D eigenvalue weighted by Crippen LogP contribution is -2.31. The Bertz CT molecular complexity index is 337. The van der Waals surface area contributed by atoms with Crippen LogP contribution >= 0.6 is 11.6 Å². The predicted molar refractivity (Wildman–Crippen MR) is 71.7 cm³/mol. The lowest BCUT2D eigenvalue weighted by atomic mass is 10.1. The highest BCUT2D eigenvalue weighted by molar-refractivity contribution is 6.30. The summed E-state index contributed by atoms with van der Waals surface area (Å²) in [6.45, 7) is 8.61. The van der Waals surface area contributed by atoms with E-state index in [0.29, 0.717) is 11.1 Å². The monoisotopic (exact) mass is 240 g/mol. The maximum Gasteiger partial charge on any atom is 0.0426 e. The van der Waals surface area contributed by atoms with Crippen molar-refractivity contribution in [3.8, 4) is 0 Å². The second-order valence-corrected chi connectivity index (χ2v) is 4.84. The number of anilines is 1. The van der Waals surface area contributed by atoms with E-state index in [1.165, 1.54) is 0 Å². The fourth-order valence-electron chi connectivity index (χ4n) is 1.74. The van der Waals surface area contributed by atoms with Gasteiger partial charge in [0.2, 0.25) is 0 Å². The average Bonchev–Trinajstić information content (AvgIpc) is 2.20. The van der Waals surface area contributed by atoms with Gasteiger partial charge in [-0.25, -0.2) is 0 Å². The van der Waals surface area contributed by atoms with Crippen LogP contribution in [-0.2, 0) is 6.54 Å². The third kappa shape index (κ3) is 3.69. The van der Waals surface area contributed by atoms with Gasteiger partial charge >= 0.3 is 0 Å². The molecular weight excluding hydrogens is 220 g/mol. The van der Waals surface area contributed by atoms with E-state index in [-0.39, 0.29) is 0 Å². The molecule has 0 aliphatic carbocycles. The summed E-state index contributed by atoms with van der Waals surface area (Å²) in [7, 11) is 0. The molecule has 0 atom stereocenters. The van der Waals surface area contributed by atoms with Gasteiger partial charge < -0.3 is 5.73 Å². The lowest BCUT2D eigenvalue weighted by molar-refractivity contribution is 0.213. The van der Waals surface area contributed by atoms with Crippen molar-refractivity contribution in [1.82, 2.24) is 4.90 Å². The van der Waals surface area contributed by atoms with E-state index < -0.39 is 0 Å². The molecule has 0 heterocycles. The highest BCUT2D eigenvalue weighted by atomic mass is 35.5. The van der Waals surface area contributed by atoms with Gasteiger partial charge in [-0.1, -0.05) is 24.6 Å². The van der Waals surface area contributed by atoms with E-state index in [0.717, 1.165) is 30.8 Å². The van der Waals surface area contributed by atoms with Crippen LogP contribution in [0, 0.1) is 0 Å². The number of nitrogens with two attached hydrogens (primary N) is 1. The minimum absolute atomic E-state index is 0.537. The van der Waals surface area contributed by atoms with Gasteiger partial charge in [0.25, 0.3) is 0 Å². The molecule has 3 heteroatoms. The summed E-state index contributed by atoms with van der Waals surface area (Å²) in [6.07, 6.45) is 1.16. The fraction of sp³-hybridized carbons (Fsp3) is 0.538. The van der Waals surface area contributed by atoms with E-state index in [2.05, 4.69) is 25.7 Å². The van der Waals surface area contributed by atoms with Gasteiger partial charge in [-0.2, -0.15) is 0 Å². The number of nitrogen functional groups attached to an aromatic ring is 1. The zero-order chi connectivity index (χ0) is 12.1. The average molecular weight is 241 g/mol. The molecule has 0 spiro atoms. The van der Waals surface area contributed by atoms with E-state index in [1.807, 2.05) is 18.2 Å². The number of hydrogen-bond donors (Lipinski definition) is 1. The van der Waals surface area contributed by atoms with Crippen LogP contribution in [-0.4, -0.2) is 17.5 Å². The molecule has 0 unspecified atom stereocenters. The maximum absolute atomic E-state index is 5.95. The number of halogens is 1. The summed E-state index contributed by atoms with van der Waals surface area (Å²) in [6, 6.07) is 6.27. The van der Waals surface area contributed by atoms with Crippen LogP contribution in [0.5, 0.6) is 0 Å². The van der Waals surface area contributed by atoms with Gasteiger partial charge in [-0.3, -0.25) is 4.90 Å². The van der Waals surface area contributed by atoms with Crippen LogP contribution in [0.15, 0.2) is 18.2 Å². The fourth-order valence-corrected chi connectivity index (χ4v) is 1.92. The summed E-state index contributed by atoms with van der Waals surface area (Å²) in [5.41, 5.74) is 7.90. The molecule has 0 bridgehead atoms. The molecule has 0 radical (unpaired) electrons. The van der Waals surface area contributed by atoms with Crippen molar-refractivity contribution in [2.45, 2.75) is 39.8 Å². The molecular formula is C13H21ClN2. The largest absolute Gasteiger partial charge is 0.398 e. The van der Waals surface area contributed by atoms with Crippen LogP contribution in [0.1, 0.15) is 32.8 Å². The third-order valence-electron chi connectivity index (χ3n) is 2.72.